The van der Waals surface area contributed by atoms with Crippen LogP contribution in [-0.4, -0.2) is 18.7 Å². The van der Waals surface area contributed by atoms with Crippen LogP contribution in [0.25, 0.3) is 11.3 Å². The van der Waals surface area contributed by atoms with Gasteiger partial charge < -0.3 is 13.9 Å². The second-order valence-corrected chi connectivity index (χ2v) is 4.96. The van der Waals surface area contributed by atoms with Crippen LogP contribution in [0.15, 0.2) is 50.1 Å². The van der Waals surface area contributed by atoms with Gasteiger partial charge in [-0.05, 0) is 15.9 Å². The van der Waals surface area contributed by atoms with Crippen LogP contribution in [0.1, 0.15) is 17.5 Å². The zero-order valence-corrected chi connectivity index (χ0v) is 13.1. The molecule has 1 aromatic heterocycles. The Bertz CT molecular complexity index is 750. The first kappa shape index (κ1) is 16.0. The molecule has 0 unspecified atom stereocenters. The first-order valence-corrected chi connectivity index (χ1v) is 6.98. The summed E-state index contributed by atoms with van der Waals surface area (Å²) in [5.41, 5.74) is 0.214. The zero-order chi connectivity index (χ0) is 16.1. The third-order valence-electron chi connectivity index (χ3n) is 2.59. The molecule has 114 valence electrons. The molecule has 0 aliphatic carbocycles. The molecule has 1 heterocycles. The summed E-state index contributed by atoms with van der Waals surface area (Å²) in [6.45, 7) is 0.625. The van der Waals surface area contributed by atoms with Gasteiger partial charge in [0, 0.05) is 18.6 Å². The highest BCUT2D eigenvalue weighted by molar-refractivity contribution is 9.10. The molecule has 0 fully saturated rings. The molecular weight excluding hydrogens is 356 g/mol. The Balaban J connectivity index is 2.31. The topological polar surface area (TPSA) is 82.8 Å². The number of rotatable bonds is 4. The lowest BCUT2D eigenvalue weighted by molar-refractivity contribution is -0.149. The van der Waals surface area contributed by atoms with Crippen molar-refractivity contribution in [3.63, 3.8) is 0 Å². The fourth-order valence-electron chi connectivity index (χ4n) is 1.59. The molecule has 0 amide bonds. The molecule has 6 nitrogen and oxygen atoms in total. The van der Waals surface area contributed by atoms with E-state index in [2.05, 4.69) is 20.7 Å². The summed E-state index contributed by atoms with van der Waals surface area (Å²) in [4.78, 5) is 34.5. The first-order valence-electron chi connectivity index (χ1n) is 6.18. The van der Waals surface area contributed by atoms with E-state index in [-0.39, 0.29) is 16.0 Å². The van der Waals surface area contributed by atoms with Gasteiger partial charge in [-0.2, -0.15) is 0 Å². The van der Waals surface area contributed by atoms with Gasteiger partial charge in [-0.3, -0.25) is 9.59 Å². The second-order valence-electron chi connectivity index (χ2n) is 4.17. The van der Waals surface area contributed by atoms with Gasteiger partial charge >= 0.3 is 11.9 Å². The van der Waals surface area contributed by atoms with Crippen LogP contribution >= 0.6 is 15.9 Å². The Morgan fingerprint density at radius 1 is 1.18 bits per heavy atom. The van der Waals surface area contributed by atoms with Gasteiger partial charge in [-0.25, -0.2) is 4.79 Å². The van der Waals surface area contributed by atoms with Crippen molar-refractivity contribution >= 4 is 27.9 Å². The number of esters is 2. The number of benzene rings is 1. The van der Waals surface area contributed by atoms with Crippen molar-refractivity contribution in [2.45, 2.75) is 6.92 Å². The van der Waals surface area contributed by atoms with E-state index in [1.165, 1.54) is 13.0 Å². The summed E-state index contributed by atoms with van der Waals surface area (Å²) < 4.78 is 14.6. The van der Waals surface area contributed by atoms with Gasteiger partial charge in [0.25, 0.3) is 0 Å². The average molecular weight is 367 g/mol. The van der Waals surface area contributed by atoms with E-state index in [0.29, 0.717) is 5.56 Å². The average Bonchev–Trinajstić information content (AvgIpc) is 2.50. The Labute approximate surface area is 133 Å². The minimum absolute atomic E-state index is 0.0555. The second kappa shape index (κ2) is 7.04. The van der Waals surface area contributed by atoms with Crippen molar-refractivity contribution in [2.24, 2.45) is 0 Å². The molecule has 0 saturated carbocycles. The van der Waals surface area contributed by atoms with Gasteiger partial charge in [-0.1, -0.05) is 30.3 Å². The fraction of sp³-hybridized carbons (Fsp3) is 0.133. The Morgan fingerprint density at radius 2 is 1.86 bits per heavy atom. The molecule has 0 bridgehead atoms. The van der Waals surface area contributed by atoms with Crippen molar-refractivity contribution in [3.05, 3.63) is 56.9 Å². The van der Waals surface area contributed by atoms with E-state index in [0.717, 1.165) is 0 Å². The first-order chi connectivity index (χ1) is 10.5. The normalized spacial score (nSPS) is 10.1. The van der Waals surface area contributed by atoms with Gasteiger partial charge in [0.2, 0.25) is 18.0 Å². The van der Waals surface area contributed by atoms with Crippen LogP contribution in [0.5, 0.6) is 0 Å². The van der Waals surface area contributed by atoms with Crippen molar-refractivity contribution in [1.29, 1.82) is 0 Å². The highest BCUT2D eigenvalue weighted by Crippen LogP contribution is 2.23. The van der Waals surface area contributed by atoms with Gasteiger partial charge in [0.15, 0.2) is 0 Å². The van der Waals surface area contributed by atoms with Crippen molar-refractivity contribution in [2.75, 3.05) is 6.79 Å². The molecule has 7 heteroatoms. The number of ether oxygens (including phenoxy) is 2. The van der Waals surface area contributed by atoms with Crippen LogP contribution in [0, 0.1) is 0 Å². The largest absolute Gasteiger partial charge is 0.448 e. The molecule has 0 aliphatic rings. The lowest BCUT2D eigenvalue weighted by Crippen LogP contribution is -2.15. The van der Waals surface area contributed by atoms with Crippen LogP contribution in [0.3, 0.4) is 0 Å². The third kappa shape index (κ3) is 3.82. The molecule has 1 aromatic carbocycles. The van der Waals surface area contributed by atoms with Crippen molar-refractivity contribution in [3.8, 4) is 11.3 Å². The lowest BCUT2D eigenvalue weighted by Gasteiger charge is -2.07. The van der Waals surface area contributed by atoms with E-state index < -0.39 is 24.2 Å². The third-order valence-corrected chi connectivity index (χ3v) is 3.34. The lowest BCUT2D eigenvalue weighted by atomic mass is 10.1. The molecule has 0 aliphatic heterocycles. The predicted molar refractivity (Wildman–Crippen MR) is 80.2 cm³/mol. The van der Waals surface area contributed by atoms with E-state index >= 15 is 0 Å². The van der Waals surface area contributed by atoms with Gasteiger partial charge in [-0.15, -0.1) is 0 Å². The molecule has 2 rings (SSSR count). The molecule has 0 N–H and O–H groups in total. The minimum Gasteiger partial charge on any atom is -0.448 e. The van der Waals surface area contributed by atoms with Crippen LogP contribution in [0.2, 0.25) is 0 Å². The zero-order valence-electron chi connectivity index (χ0n) is 11.5. The quantitative estimate of drug-likeness (QED) is 0.611. The molecule has 0 atom stereocenters. The standard InChI is InChI=1S/C15H11BrO6/c1-9(17)20-8-21-15(19)14-13(16)11(18)7-12(22-14)10-5-3-2-4-6-10/h2-7H,8H2,1H3. The number of halogens is 1. The smallest absolute Gasteiger partial charge is 0.378 e. The maximum Gasteiger partial charge on any atom is 0.378 e. The molecule has 0 saturated heterocycles. The Kier molecular flexibility index (Phi) is 5.11. The van der Waals surface area contributed by atoms with E-state index in [9.17, 15) is 14.4 Å². The molecule has 0 radical (unpaired) electrons. The maximum absolute atomic E-state index is 11.9. The molecule has 2 aromatic rings. The van der Waals surface area contributed by atoms with Gasteiger partial charge in [0.05, 0.1) is 0 Å². The molecule has 22 heavy (non-hydrogen) atoms. The highest BCUT2D eigenvalue weighted by Gasteiger charge is 2.20. The van der Waals surface area contributed by atoms with Crippen LogP contribution < -0.4 is 5.43 Å². The van der Waals surface area contributed by atoms with E-state index in [1.54, 1.807) is 24.3 Å². The number of carbonyl (C=O) groups excluding carboxylic acids is 2. The minimum atomic E-state index is -0.914. The predicted octanol–water partition coefficient (Wildman–Crippen LogP) is 2.75. The summed E-state index contributed by atoms with van der Waals surface area (Å²) in [5.74, 6) is -1.57. The van der Waals surface area contributed by atoms with Crippen LogP contribution in [0.4, 0.5) is 0 Å². The summed E-state index contributed by atoms with van der Waals surface area (Å²) in [6, 6.07) is 10.1. The van der Waals surface area contributed by atoms with E-state index in [1.807, 2.05) is 6.07 Å². The summed E-state index contributed by atoms with van der Waals surface area (Å²) >= 11 is 2.99. The van der Waals surface area contributed by atoms with Crippen molar-refractivity contribution < 1.29 is 23.5 Å². The monoisotopic (exact) mass is 366 g/mol. The summed E-state index contributed by atoms with van der Waals surface area (Å²) in [5, 5.41) is 0. The molecule has 0 spiro atoms. The number of hydrogen-bond acceptors (Lipinski definition) is 6. The Morgan fingerprint density at radius 3 is 2.50 bits per heavy atom. The molecular formula is C15H11BrO6. The fourth-order valence-corrected chi connectivity index (χ4v) is 1.94. The van der Waals surface area contributed by atoms with E-state index in [4.69, 9.17) is 9.15 Å². The highest BCUT2D eigenvalue weighted by atomic mass is 79.9. The number of carbonyl (C=O) groups is 2. The summed E-state index contributed by atoms with van der Waals surface area (Å²) in [6.07, 6.45) is 0. The maximum atomic E-state index is 11.9. The Hall–Kier alpha value is -2.41. The summed E-state index contributed by atoms with van der Waals surface area (Å²) in [7, 11) is 0. The van der Waals surface area contributed by atoms with Crippen LogP contribution in [-0.2, 0) is 14.3 Å². The van der Waals surface area contributed by atoms with Crippen molar-refractivity contribution in [1.82, 2.24) is 0 Å². The number of hydrogen-bond donors (Lipinski definition) is 0. The SMILES string of the molecule is CC(=O)OCOC(=O)c1oc(-c2ccccc2)cc(=O)c1Br. The van der Waals surface area contributed by atoms with Gasteiger partial charge in [0.1, 0.15) is 10.2 Å².